The Labute approximate surface area is 161 Å². The van der Waals surface area contributed by atoms with Gasteiger partial charge in [-0.2, -0.15) is 0 Å². The van der Waals surface area contributed by atoms with Crippen LogP contribution in [-0.4, -0.2) is 41.0 Å². The van der Waals surface area contributed by atoms with E-state index in [0.29, 0.717) is 17.5 Å². The van der Waals surface area contributed by atoms with E-state index >= 15 is 0 Å². The Balaban J connectivity index is 1.61. The fourth-order valence-electron chi connectivity index (χ4n) is 2.49. The zero-order valence-corrected chi connectivity index (χ0v) is 15.8. The maximum atomic E-state index is 12.3. The molecule has 0 saturated heterocycles. The largest absolute Gasteiger partial charge is 0.369 e. The molecule has 0 aliphatic rings. The highest BCUT2D eigenvalue weighted by Crippen LogP contribution is 2.17. The lowest BCUT2D eigenvalue weighted by Crippen LogP contribution is -2.29. The monoisotopic (exact) mass is 402 g/mol. The molecule has 0 spiro atoms. The number of hydrogen-bond donors (Lipinski definition) is 2. The number of nitro groups is 1. The molecule has 2 heterocycles. The van der Waals surface area contributed by atoms with Crippen molar-refractivity contribution < 1.29 is 13.3 Å². The van der Waals surface area contributed by atoms with Crippen LogP contribution in [0.2, 0.25) is 0 Å². The van der Waals surface area contributed by atoms with Crippen LogP contribution in [0.4, 0.5) is 11.5 Å². The van der Waals surface area contributed by atoms with Gasteiger partial charge in [-0.1, -0.05) is 6.07 Å². The van der Waals surface area contributed by atoms with Crippen molar-refractivity contribution in [3.05, 3.63) is 70.8 Å². The van der Waals surface area contributed by atoms with Crippen LogP contribution in [0.5, 0.6) is 0 Å². The third kappa shape index (κ3) is 4.69. The molecule has 3 rings (SSSR count). The van der Waals surface area contributed by atoms with Crippen LogP contribution < -0.4 is 10.0 Å². The molecule has 0 amide bonds. The maximum Gasteiger partial charge on any atom is 0.270 e. The Morgan fingerprint density at radius 3 is 2.57 bits per heavy atom. The van der Waals surface area contributed by atoms with Gasteiger partial charge in [-0.05, 0) is 25.1 Å². The van der Waals surface area contributed by atoms with Crippen LogP contribution in [0.25, 0.3) is 5.82 Å². The molecule has 2 aromatic heterocycles. The Bertz CT molecular complexity index is 1080. The van der Waals surface area contributed by atoms with Crippen molar-refractivity contribution in [1.82, 2.24) is 19.3 Å². The molecule has 0 unspecified atom stereocenters. The molecule has 0 saturated carbocycles. The first-order valence-electron chi connectivity index (χ1n) is 8.32. The standard InChI is InChI=1S/C17H18N6O4S/c1-13-20-16(12-17(21-13)22-9-2-3-10-22)18-7-8-19-28(26,27)15-6-4-5-14(11-15)23(24)25/h2-6,9-12,19H,7-8H2,1H3,(H,18,20,21). The minimum absolute atomic E-state index is 0.0763. The summed E-state index contributed by atoms with van der Waals surface area (Å²) in [7, 11) is -3.85. The van der Waals surface area contributed by atoms with Gasteiger partial charge in [-0.3, -0.25) is 10.1 Å². The number of aromatic nitrogens is 3. The highest BCUT2D eigenvalue weighted by atomic mass is 32.2. The number of rotatable bonds is 8. The van der Waals surface area contributed by atoms with Crippen molar-refractivity contribution in [1.29, 1.82) is 0 Å². The molecule has 0 atom stereocenters. The molecular formula is C17H18N6O4S. The van der Waals surface area contributed by atoms with Gasteiger partial charge >= 0.3 is 0 Å². The first kappa shape index (κ1) is 19.5. The van der Waals surface area contributed by atoms with Gasteiger partial charge in [0, 0.05) is 43.7 Å². The average molecular weight is 402 g/mol. The van der Waals surface area contributed by atoms with Crippen molar-refractivity contribution in [2.24, 2.45) is 0 Å². The lowest BCUT2D eigenvalue weighted by molar-refractivity contribution is -0.385. The smallest absolute Gasteiger partial charge is 0.270 e. The maximum absolute atomic E-state index is 12.3. The van der Waals surface area contributed by atoms with E-state index in [0.717, 1.165) is 6.07 Å². The highest BCUT2D eigenvalue weighted by Gasteiger charge is 2.17. The molecule has 0 aliphatic carbocycles. The summed E-state index contributed by atoms with van der Waals surface area (Å²) >= 11 is 0. The summed E-state index contributed by atoms with van der Waals surface area (Å²) in [6, 6.07) is 10.4. The average Bonchev–Trinajstić information content (AvgIpc) is 3.20. The number of nitrogens with zero attached hydrogens (tertiary/aromatic N) is 4. The minimum Gasteiger partial charge on any atom is -0.369 e. The van der Waals surface area contributed by atoms with Crippen molar-refractivity contribution in [3.8, 4) is 5.82 Å². The zero-order chi connectivity index (χ0) is 20.1. The van der Waals surface area contributed by atoms with E-state index in [9.17, 15) is 18.5 Å². The molecule has 3 aromatic rings. The second-order valence-electron chi connectivity index (χ2n) is 5.83. The van der Waals surface area contributed by atoms with E-state index in [-0.39, 0.29) is 23.7 Å². The van der Waals surface area contributed by atoms with Gasteiger partial charge in [0.15, 0.2) is 0 Å². The van der Waals surface area contributed by atoms with E-state index in [1.165, 1.54) is 18.2 Å². The Kier molecular flexibility index (Phi) is 5.66. The summed E-state index contributed by atoms with van der Waals surface area (Å²) in [6.07, 6.45) is 3.72. The second kappa shape index (κ2) is 8.15. The van der Waals surface area contributed by atoms with Crippen molar-refractivity contribution >= 4 is 21.5 Å². The lowest BCUT2D eigenvalue weighted by atomic mass is 10.3. The molecule has 11 heteroatoms. The summed E-state index contributed by atoms with van der Waals surface area (Å²) in [6.45, 7) is 2.12. The number of anilines is 1. The zero-order valence-electron chi connectivity index (χ0n) is 14.9. The lowest BCUT2D eigenvalue weighted by Gasteiger charge is -2.10. The predicted octanol–water partition coefficient (Wildman–Crippen LogP) is 1.87. The first-order valence-corrected chi connectivity index (χ1v) is 9.80. The predicted molar refractivity (Wildman–Crippen MR) is 103 cm³/mol. The van der Waals surface area contributed by atoms with Gasteiger partial charge in [-0.15, -0.1) is 0 Å². The number of sulfonamides is 1. The van der Waals surface area contributed by atoms with Crippen LogP contribution in [0, 0.1) is 17.0 Å². The van der Waals surface area contributed by atoms with Crippen molar-refractivity contribution in [3.63, 3.8) is 0 Å². The van der Waals surface area contributed by atoms with Crippen LogP contribution in [0.15, 0.2) is 59.8 Å². The van der Waals surface area contributed by atoms with Gasteiger partial charge in [0.2, 0.25) is 10.0 Å². The SMILES string of the molecule is Cc1nc(NCCNS(=O)(=O)c2cccc([N+](=O)[O-])c2)cc(-n2cccc2)n1. The quantitative estimate of drug-likeness (QED) is 0.334. The molecule has 2 N–H and O–H groups in total. The van der Waals surface area contributed by atoms with Gasteiger partial charge in [0.25, 0.3) is 5.69 Å². The highest BCUT2D eigenvalue weighted by molar-refractivity contribution is 7.89. The third-order valence-corrected chi connectivity index (χ3v) is 5.21. The summed E-state index contributed by atoms with van der Waals surface area (Å²) < 4.78 is 28.8. The Morgan fingerprint density at radius 2 is 1.86 bits per heavy atom. The van der Waals surface area contributed by atoms with Gasteiger partial charge in [0.05, 0.1) is 9.82 Å². The topological polar surface area (TPSA) is 132 Å². The van der Waals surface area contributed by atoms with E-state index in [1.807, 2.05) is 29.1 Å². The summed E-state index contributed by atoms with van der Waals surface area (Å²) in [5.74, 6) is 1.83. The van der Waals surface area contributed by atoms with Gasteiger partial charge in [-0.25, -0.2) is 23.1 Å². The van der Waals surface area contributed by atoms with Crippen LogP contribution >= 0.6 is 0 Å². The molecule has 0 fully saturated rings. The molecule has 28 heavy (non-hydrogen) atoms. The first-order chi connectivity index (χ1) is 13.3. The summed E-state index contributed by atoms with van der Waals surface area (Å²) in [5, 5.41) is 13.8. The van der Waals surface area contributed by atoms with E-state index in [4.69, 9.17) is 0 Å². The molecule has 0 aliphatic heterocycles. The van der Waals surface area contributed by atoms with E-state index in [2.05, 4.69) is 20.0 Å². The Morgan fingerprint density at radius 1 is 1.11 bits per heavy atom. The van der Waals surface area contributed by atoms with Crippen LogP contribution in [0.3, 0.4) is 0 Å². The summed E-state index contributed by atoms with van der Waals surface area (Å²) in [5.41, 5.74) is -0.282. The van der Waals surface area contributed by atoms with E-state index in [1.54, 1.807) is 13.0 Å². The number of nitrogens with one attached hydrogen (secondary N) is 2. The second-order valence-corrected chi connectivity index (χ2v) is 7.59. The fraction of sp³-hybridized carbons (Fsp3) is 0.176. The van der Waals surface area contributed by atoms with E-state index < -0.39 is 14.9 Å². The third-order valence-electron chi connectivity index (χ3n) is 3.76. The minimum atomic E-state index is -3.85. The van der Waals surface area contributed by atoms with Crippen LogP contribution in [0.1, 0.15) is 5.82 Å². The summed E-state index contributed by atoms with van der Waals surface area (Å²) in [4.78, 5) is 18.6. The molecule has 0 radical (unpaired) electrons. The van der Waals surface area contributed by atoms with Gasteiger partial charge < -0.3 is 9.88 Å². The van der Waals surface area contributed by atoms with Crippen molar-refractivity contribution in [2.45, 2.75) is 11.8 Å². The molecule has 1 aromatic carbocycles. The fourth-order valence-corrected chi connectivity index (χ4v) is 3.56. The number of nitro benzene ring substituents is 1. The molecule has 146 valence electrons. The number of benzene rings is 1. The van der Waals surface area contributed by atoms with Crippen LogP contribution in [-0.2, 0) is 10.0 Å². The Hall–Kier alpha value is -3.31. The molecule has 10 nitrogen and oxygen atoms in total. The van der Waals surface area contributed by atoms with Crippen molar-refractivity contribution in [2.75, 3.05) is 18.4 Å². The number of aryl methyl sites for hydroxylation is 1. The molecular weight excluding hydrogens is 384 g/mol. The molecule has 0 bridgehead atoms. The number of hydrogen-bond acceptors (Lipinski definition) is 7. The van der Waals surface area contributed by atoms with Gasteiger partial charge in [0.1, 0.15) is 17.5 Å². The normalized spacial score (nSPS) is 11.3. The number of non-ortho nitro benzene ring substituents is 1.